The molecule has 2 amide bonds. The second kappa shape index (κ2) is 9.04. The minimum Gasteiger partial charge on any atom is -0.494 e. The molecule has 0 fully saturated rings. The summed E-state index contributed by atoms with van der Waals surface area (Å²) < 4.78 is 5.42. The van der Waals surface area contributed by atoms with Crippen LogP contribution in [-0.2, 0) is 9.59 Å². The standard InChI is InChI=1S/C21H26N2O3/c1-5-26-20-10-8-19(9-11-20)23(17(4)24)13-12-21(25)22-18-7-6-15(2)16(3)14-18/h6-11,14H,5,12-13H2,1-4H3,(H,22,25). The molecule has 2 aromatic carbocycles. The number of anilines is 2. The van der Waals surface area contributed by atoms with Crippen LogP contribution in [0.15, 0.2) is 42.5 Å². The molecule has 0 aliphatic heterocycles. The number of nitrogens with zero attached hydrogens (tertiary/aromatic N) is 1. The number of carbonyl (C=O) groups excluding carboxylic acids is 2. The monoisotopic (exact) mass is 354 g/mol. The number of rotatable bonds is 7. The van der Waals surface area contributed by atoms with Crippen LogP contribution in [0.25, 0.3) is 0 Å². The van der Waals surface area contributed by atoms with E-state index >= 15 is 0 Å². The quantitative estimate of drug-likeness (QED) is 0.815. The molecule has 0 heterocycles. The van der Waals surface area contributed by atoms with E-state index in [1.807, 2.05) is 63.2 Å². The van der Waals surface area contributed by atoms with Crippen LogP contribution in [0.5, 0.6) is 5.75 Å². The van der Waals surface area contributed by atoms with Crippen LogP contribution in [0.4, 0.5) is 11.4 Å². The van der Waals surface area contributed by atoms with E-state index < -0.39 is 0 Å². The molecule has 0 bridgehead atoms. The number of hydrogen-bond donors (Lipinski definition) is 1. The second-order valence-electron chi connectivity index (χ2n) is 6.19. The number of hydrogen-bond acceptors (Lipinski definition) is 3. The lowest BCUT2D eigenvalue weighted by Gasteiger charge is -2.21. The number of carbonyl (C=O) groups is 2. The molecule has 0 saturated heterocycles. The molecule has 0 unspecified atom stereocenters. The van der Waals surface area contributed by atoms with Gasteiger partial charge in [0.25, 0.3) is 0 Å². The zero-order valence-electron chi connectivity index (χ0n) is 15.8. The Kier molecular flexibility index (Phi) is 6.78. The lowest BCUT2D eigenvalue weighted by molar-refractivity contribution is -0.117. The third kappa shape index (κ3) is 5.34. The summed E-state index contributed by atoms with van der Waals surface area (Å²) >= 11 is 0. The molecule has 138 valence electrons. The first-order chi connectivity index (χ1) is 12.4. The largest absolute Gasteiger partial charge is 0.494 e. The Morgan fingerprint density at radius 2 is 1.73 bits per heavy atom. The van der Waals surface area contributed by atoms with Crippen molar-refractivity contribution in [1.82, 2.24) is 0 Å². The summed E-state index contributed by atoms with van der Waals surface area (Å²) in [6.07, 6.45) is 0.222. The average Bonchev–Trinajstić information content (AvgIpc) is 2.60. The van der Waals surface area contributed by atoms with Gasteiger partial charge in [0.1, 0.15) is 5.75 Å². The van der Waals surface area contributed by atoms with Gasteiger partial charge in [0, 0.05) is 31.3 Å². The third-order valence-electron chi connectivity index (χ3n) is 4.19. The van der Waals surface area contributed by atoms with Gasteiger partial charge in [0.05, 0.1) is 6.61 Å². The van der Waals surface area contributed by atoms with Gasteiger partial charge in [-0.1, -0.05) is 6.07 Å². The lowest BCUT2D eigenvalue weighted by Crippen LogP contribution is -2.31. The van der Waals surface area contributed by atoms with Crippen LogP contribution in [0.1, 0.15) is 31.4 Å². The van der Waals surface area contributed by atoms with Crippen molar-refractivity contribution in [2.24, 2.45) is 0 Å². The van der Waals surface area contributed by atoms with Crippen molar-refractivity contribution in [3.8, 4) is 5.75 Å². The van der Waals surface area contributed by atoms with Gasteiger partial charge in [-0.25, -0.2) is 0 Å². The van der Waals surface area contributed by atoms with Gasteiger partial charge in [0.2, 0.25) is 11.8 Å². The van der Waals surface area contributed by atoms with E-state index in [4.69, 9.17) is 4.74 Å². The zero-order valence-corrected chi connectivity index (χ0v) is 15.8. The molecule has 0 spiro atoms. The maximum Gasteiger partial charge on any atom is 0.226 e. The molecule has 2 aromatic rings. The normalized spacial score (nSPS) is 10.3. The van der Waals surface area contributed by atoms with Gasteiger partial charge in [-0.05, 0) is 68.3 Å². The molecule has 0 aromatic heterocycles. The Hall–Kier alpha value is -2.82. The molecule has 0 atom stereocenters. The number of amides is 2. The highest BCUT2D eigenvalue weighted by Crippen LogP contribution is 2.20. The van der Waals surface area contributed by atoms with Gasteiger partial charge in [0.15, 0.2) is 0 Å². The predicted octanol–water partition coefficient (Wildman–Crippen LogP) is 4.08. The van der Waals surface area contributed by atoms with Crippen LogP contribution in [0.2, 0.25) is 0 Å². The van der Waals surface area contributed by atoms with Crippen LogP contribution < -0.4 is 15.0 Å². The zero-order chi connectivity index (χ0) is 19.1. The Bertz CT molecular complexity index is 769. The first kappa shape index (κ1) is 19.5. The first-order valence-corrected chi connectivity index (χ1v) is 8.78. The van der Waals surface area contributed by atoms with E-state index in [-0.39, 0.29) is 18.2 Å². The smallest absolute Gasteiger partial charge is 0.226 e. The third-order valence-corrected chi connectivity index (χ3v) is 4.19. The summed E-state index contributed by atoms with van der Waals surface area (Å²) in [5.74, 6) is 0.533. The topological polar surface area (TPSA) is 58.6 Å². The van der Waals surface area contributed by atoms with E-state index in [2.05, 4.69) is 5.32 Å². The van der Waals surface area contributed by atoms with Crippen LogP contribution >= 0.6 is 0 Å². The Labute approximate surface area is 155 Å². The van der Waals surface area contributed by atoms with E-state index in [0.717, 1.165) is 22.7 Å². The molecule has 0 saturated carbocycles. The van der Waals surface area contributed by atoms with Crippen LogP contribution in [-0.4, -0.2) is 25.0 Å². The Morgan fingerprint density at radius 1 is 1.04 bits per heavy atom. The van der Waals surface area contributed by atoms with E-state index in [9.17, 15) is 9.59 Å². The minimum absolute atomic E-state index is 0.104. The highest BCUT2D eigenvalue weighted by Gasteiger charge is 2.14. The maximum atomic E-state index is 12.2. The van der Waals surface area contributed by atoms with Gasteiger partial charge in [-0.3, -0.25) is 9.59 Å². The molecule has 5 heteroatoms. The molecular weight excluding hydrogens is 328 g/mol. The van der Waals surface area contributed by atoms with Crippen LogP contribution in [0, 0.1) is 13.8 Å². The first-order valence-electron chi connectivity index (χ1n) is 8.78. The number of ether oxygens (including phenoxy) is 1. The van der Waals surface area contributed by atoms with Gasteiger partial charge < -0.3 is 15.0 Å². The van der Waals surface area contributed by atoms with Gasteiger partial charge in [-0.2, -0.15) is 0 Å². The Morgan fingerprint density at radius 3 is 2.31 bits per heavy atom. The molecule has 26 heavy (non-hydrogen) atoms. The summed E-state index contributed by atoms with van der Waals surface area (Å²) in [4.78, 5) is 25.8. The summed E-state index contributed by atoms with van der Waals surface area (Å²) in [7, 11) is 0. The molecule has 0 radical (unpaired) electrons. The van der Waals surface area contributed by atoms with Crippen molar-refractivity contribution in [3.63, 3.8) is 0 Å². The summed E-state index contributed by atoms with van der Waals surface area (Å²) in [5, 5.41) is 2.88. The van der Waals surface area contributed by atoms with E-state index in [0.29, 0.717) is 13.2 Å². The molecule has 1 N–H and O–H groups in total. The van der Waals surface area contributed by atoms with Gasteiger partial charge >= 0.3 is 0 Å². The Balaban J connectivity index is 1.98. The molecule has 2 rings (SSSR count). The van der Waals surface area contributed by atoms with Crippen molar-refractivity contribution < 1.29 is 14.3 Å². The predicted molar refractivity (Wildman–Crippen MR) is 105 cm³/mol. The summed E-state index contributed by atoms with van der Waals surface area (Å²) in [6, 6.07) is 13.1. The van der Waals surface area contributed by atoms with Crippen molar-refractivity contribution >= 4 is 23.2 Å². The fourth-order valence-corrected chi connectivity index (χ4v) is 2.61. The number of aryl methyl sites for hydroxylation is 2. The van der Waals surface area contributed by atoms with Crippen LogP contribution in [0.3, 0.4) is 0 Å². The number of benzene rings is 2. The minimum atomic E-state index is -0.120. The van der Waals surface area contributed by atoms with Gasteiger partial charge in [-0.15, -0.1) is 0 Å². The fraction of sp³-hybridized carbons (Fsp3) is 0.333. The fourth-order valence-electron chi connectivity index (χ4n) is 2.61. The highest BCUT2D eigenvalue weighted by atomic mass is 16.5. The van der Waals surface area contributed by atoms with Crippen molar-refractivity contribution in [2.75, 3.05) is 23.4 Å². The highest BCUT2D eigenvalue weighted by molar-refractivity contribution is 5.94. The summed E-state index contributed by atoms with van der Waals surface area (Å²) in [6.45, 7) is 8.37. The van der Waals surface area contributed by atoms with E-state index in [1.165, 1.54) is 12.5 Å². The molecule has 5 nitrogen and oxygen atoms in total. The maximum absolute atomic E-state index is 12.2. The molecule has 0 aliphatic rings. The molecular formula is C21H26N2O3. The summed E-state index contributed by atoms with van der Waals surface area (Å²) in [5.41, 5.74) is 3.83. The lowest BCUT2D eigenvalue weighted by atomic mass is 10.1. The average molecular weight is 354 g/mol. The number of nitrogens with one attached hydrogen (secondary N) is 1. The molecule has 0 aliphatic carbocycles. The second-order valence-corrected chi connectivity index (χ2v) is 6.19. The van der Waals surface area contributed by atoms with E-state index in [1.54, 1.807) is 4.90 Å². The SMILES string of the molecule is CCOc1ccc(N(CCC(=O)Nc2ccc(C)c(C)c2)C(C)=O)cc1. The van der Waals surface area contributed by atoms with Crippen molar-refractivity contribution in [1.29, 1.82) is 0 Å². The van der Waals surface area contributed by atoms with Crippen molar-refractivity contribution in [3.05, 3.63) is 53.6 Å². The van der Waals surface area contributed by atoms with Crippen molar-refractivity contribution in [2.45, 2.75) is 34.1 Å².